The number of hydrogen-bond acceptors (Lipinski definition) is 4. The quantitative estimate of drug-likeness (QED) is 0.108. The lowest BCUT2D eigenvalue weighted by atomic mass is 10.1. The van der Waals surface area contributed by atoms with E-state index in [-0.39, 0.29) is 22.9 Å². The summed E-state index contributed by atoms with van der Waals surface area (Å²) in [4.78, 5) is 28.5. The number of hydrogen-bond donors (Lipinski definition) is 2. The van der Waals surface area contributed by atoms with Gasteiger partial charge in [0.05, 0.1) is 11.8 Å². The van der Waals surface area contributed by atoms with E-state index in [0.717, 1.165) is 61.7 Å². The monoisotopic (exact) mass is 601 g/mol. The van der Waals surface area contributed by atoms with Crippen molar-refractivity contribution in [3.63, 3.8) is 0 Å². The first-order chi connectivity index (χ1) is 20.4. The van der Waals surface area contributed by atoms with Crippen LogP contribution in [0.2, 0.25) is 18.1 Å². The number of anilines is 1. The van der Waals surface area contributed by atoms with E-state index in [4.69, 9.17) is 10.2 Å². The smallest absolute Gasteiger partial charge is 0.268 e. The van der Waals surface area contributed by atoms with Crippen molar-refractivity contribution in [1.29, 1.82) is 0 Å². The van der Waals surface area contributed by atoms with Crippen LogP contribution >= 0.6 is 0 Å². The molecule has 0 saturated heterocycles. The van der Waals surface area contributed by atoms with Crippen LogP contribution < -0.4 is 11.1 Å². The van der Waals surface area contributed by atoms with Gasteiger partial charge in [0, 0.05) is 31.0 Å². The molecule has 0 bridgehead atoms. The highest BCUT2D eigenvalue weighted by Crippen LogP contribution is 2.39. The number of nitrogens with zero attached hydrogens (tertiary/aromatic N) is 3. The number of carbonyl (C=O) groups is 2. The van der Waals surface area contributed by atoms with Crippen molar-refractivity contribution >= 4 is 36.7 Å². The van der Waals surface area contributed by atoms with Crippen molar-refractivity contribution in [1.82, 2.24) is 14.1 Å². The van der Waals surface area contributed by atoms with Gasteiger partial charge in [0.2, 0.25) is 5.91 Å². The molecule has 4 aromatic rings. The number of fused-ring (bicyclic) bond motifs is 1. The van der Waals surface area contributed by atoms with Crippen LogP contribution in [-0.2, 0) is 22.2 Å². The van der Waals surface area contributed by atoms with Crippen LogP contribution in [0.1, 0.15) is 81.6 Å². The first-order valence-corrected chi connectivity index (χ1v) is 18.3. The molecule has 9 heteroatoms. The Morgan fingerprint density at radius 1 is 1.02 bits per heavy atom. The summed E-state index contributed by atoms with van der Waals surface area (Å²) in [5, 5.41) is 4.26. The number of aromatic nitrogens is 3. The summed E-state index contributed by atoms with van der Waals surface area (Å²) < 4.78 is 10.9. The molecular weight excluding hydrogens is 554 g/mol. The molecule has 0 fully saturated rings. The summed E-state index contributed by atoms with van der Waals surface area (Å²) >= 11 is 0. The highest BCUT2D eigenvalue weighted by Gasteiger charge is 2.39. The maximum Gasteiger partial charge on any atom is 0.268 e. The maximum absolute atomic E-state index is 12.7. The lowest BCUT2D eigenvalue weighted by molar-refractivity contribution is -0.116. The summed E-state index contributed by atoms with van der Waals surface area (Å²) in [5.41, 5.74) is 8.95. The Morgan fingerprint density at radius 3 is 2.49 bits per heavy atom. The van der Waals surface area contributed by atoms with E-state index in [0.29, 0.717) is 6.42 Å². The fourth-order valence-corrected chi connectivity index (χ4v) is 6.23. The number of primary amides is 1. The molecule has 0 spiro atoms. The van der Waals surface area contributed by atoms with Gasteiger partial charge in [0.15, 0.2) is 8.32 Å². The zero-order valence-electron chi connectivity index (χ0n) is 26.3. The number of nitrogens with two attached hydrogens (primary N) is 1. The van der Waals surface area contributed by atoms with Crippen LogP contribution in [0.3, 0.4) is 0 Å². The van der Waals surface area contributed by atoms with E-state index in [1.807, 2.05) is 16.7 Å². The fraction of sp³-hybridized carbons (Fsp3) is 0.441. The molecule has 0 aliphatic heterocycles. The number of unbranched alkanes of at least 4 members (excludes halogenated alkanes) is 2. The van der Waals surface area contributed by atoms with Gasteiger partial charge < -0.3 is 24.6 Å². The van der Waals surface area contributed by atoms with Crippen LogP contribution in [0.5, 0.6) is 0 Å². The van der Waals surface area contributed by atoms with E-state index in [1.165, 1.54) is 5.56 Å². The number of carbonyl (C=O) groups excluding carboxylic acids is 2. The van der Waals surface area contributed by atoms with Gasteiger partial charge in [-0.2, -0.15) is 0 Å². The SMILES string of the molecule is CC(C)(C)[Si](C)(C)O[C@H](CCCn1ccc2ccc(NC(=O)CCCCCc3ccccc3)cc21)n1cnc(C(N)=O)c1. The van der Waals surface area contributed by atoms with Crippen molar-refractivity contribution in [2.45, 2.75) is 96.6 Å². The number of imidazole rings is 1. The molecule has 3 N–H and O–H groups in total. The third-order valence-corrected chi connectivity index (χ3v) is 13.0. The number of rotatable bonds is 15. The van der Waals surface area contributed by atoms with Gasteiger partial charge in [-0.15, -0.1) is 0 Å². The summed E-state index contributed by atoms with van der Waals surface area (Å²) in [6.07, 6.45) is 11.4. The zero-order chi connectivity index (χ0) is 31.0. The third-order valence-electron chi connectivity index (χ3n) is 8.54. The molecular formula is C34H47N5O3Si. The second-order valence-electron chi connectivity index (χ2n) is 12.9. The molecule has 230 valence electrons. The number of aryl methyl sites for hydroxylation is 2. The van der Waals surface area contributed by atoms with Gasteiger partial charge in [0.25, 0.3) is 5.91 Å². The molecule has 2 heterocycles. The minimum atomic E-state index is -2.09. The van der Waals surface area contributed by atoms with E-state index >= 15 is 0 Å². The minimum absolute atomic E-state index is 0.0397. The van der Waals surface area contributed by atoms with Crippen LogP contribution in [0.15, 0.2) is 73.3 Å². The van der Waals surface area contributed by atoms with Crippen LogP contribution in [0.25, 0.3) is 10.9 Å². The highest BCUT2D eigenvalue weighted by molar-refractivity contribution is 6.74. The predicted molar refractivity (Wildman–Crippen MR) is 176 cm³/mol. The molecule has 0 aliphatic carbocycles. The molecule has 2 aromatic heterocycles. The molecule has 1 atom stereocenters. The van der Waals surface area contributed by atoms with Crippen LogP contribution in [0, 0.1) is 0 Å². The Bertz CT molecular complexity index is 1500. The number of amides is 2. The average molecular weight is 602 g/mol. The van der Waals surface area contributed by atoms with E-state index in [2.05, 4.69) is 97.4 Å². The molecule has 43 heavy (non-hydrogen) atoms. The summed E-state index contributed by atoms with van der Waals surface area (Å²) in [5.74, 6) is -0.493. The number of nitrogens with one attached hydrogen (secondary N) is 1. The summed E-state index contributed by atoms with van der Waals surface area (Å²) in [7, 11) is -2.09. The summed E-state index contributed by atoms with van der Waals surface area (Å²) in [6, 6.07) is 18.7. The van der Waals surface area contributed by atoms with Gasteiger partial charge in [0.1, 0.15) is 11.9 Å². The predicted octanol–water partition coefficient (Wildman–Crippen LogP) is 7.68. The van der Waals surface area contributed by atoms with Crippen molar-refractivity contribution in [2.24, 2.45) is 5.73 Å². The Kier molecular flexibility index (Phi) is 10.6. The molecule has 2 amide bonds. The van der Waals surface area contributed by atoms with Gasteiger partial charge in [-0.3, -0.25) is 9.59 Å². The van der Waals surface area contributed by atoms with Crippen LogP contribution in [0.4, 0.5) is 5.69 Å². The lowest BCUT2D eigenvalue weighted by Gasteiger charge is -2.39. The molecule has 2 aromatic carbocycles. The Balaban J connectivity index is 1.33. The zero-order valence-corrected chi connectivity index (χ0v) is 27.3. The molecule has 0 unspecified atom stereocenters. The third kappa shape index (κ3) is 8.90. The van der Waals surface area contributed by atoms with Gasteiger partial charge >= 0.3 is 0 Å². The topological polar surface area (TPSA) is 104 Å². The van der Waals surface area contributed by atoms with E-state index in [1.54, 1.807) is 12.5 Å². The molecule has 0 radical (unpaired) electrons. The highest BCUT2D eigenvalue weighted by atomic mass is 28.4. The van der Waals surface area contributed by atoms with Gasteiger partial charge in [-0.05, 0) is 79.4 Å². The maximum atomic E-state index is 12.7. The fourth-order valence-electron chi connectivity index (χ4n) is 4.96. The molecule has 4 rings (SSSR count). The van der Waals surface area contributed by atoms with Gasteiger partial charge in [-0.25, -0.2) is 4.98 Å². The average Bonchev–Trinajstić information content (AvgIpc) is 3.60. The van der Waals surface area contributed by atoms with Crippen molar-refractivity contribution in [3.8, 4) is 0 Å². The molecule has 0 aliphatic rings. The first-order valence-electron chi connectivity index (χ1n) is 15.4. The standard InChI is InChI=1S/C34H47N5O3Si/c1-34(2,3)43(4,5)42-32(39-24-29(33(35)41)36-25-39)17-12-21-38-22-20-27-18-19-28(23-30(27)38)37-31(40)16-11-7-10-15-26-13-8-6-9-14-26/h6,8-9,13-14,18-20,22-25,32H,7,10-12,15-17,21H2,1-5H3,(H2,35,41)(H,37,40)/t32-/m1/s1. The normalized spacial score (nSPS) is 12.9. The van der Waals surface area contributed by atoms with Crippen molar-refractivity contribution in [3.05, 3.63) is 84.6 Å². The van der Waals surface area contributed by atoms with Crippen molar-refractivity contribution < 1.29 is 14.0 Å². The van der Waals surface area contributed by atoms with E-state index in [9.17, 15) is 9.59 Å². The second kappa shape index (κ2) is 14.2. The largest absolute Gasteiger partial charge is 0.397 e. The Hall–Kier alpha value is -3.69. The van der Waals surface area contributed by atoms with E-state index < -0.39 is 14.2 Å². The first kappa shape index (κ1) is 32.2. The Labute approximate surface area is 256 Å². The number of benzene rings is 2. The molecule has 0 saturated carbocycles. The van der Waals surface area contributed by atoms with Gasteiger partial charge in [-0.1, -0.05) is 63.6 Å². The summed E-state index contributed by atoms with van der Waals surface area (Å²) in [6.45, 7) is 11.9. The van der Waals surface area contributed by atoms with Crippen LogP contribution in [-0.4, -0.2) is 34.2 Å². The minimum Gasteiger partial charge on any atom is -0.397 e. The molecule has 8 nitrogen and oxygen atoms in total. The lowest BCUT2D eigenvalue weighted by Crippen LogP contribution is -2.42. The Morgan fingerprint density at radius 2 is 1.79 bits per heavy atom. The van der Waals surface area contributed by atoms with Crippen molar-refractivity contribution in [2.75, 3.05) is 5.32 Å². The second-order valence-corrected chi connectivity index (χ2v) is 17.7.